The Labute approximate surface area is 148 Å². The van der Waals surface area contributed by atoms with Gasteiger partial charge in [0.1, 0.15) is 0 Å². The van der Waals surface area contributed by atoms with Gasteiger partial charge >= 0.3 is 4.87 Å². The van der Waals surface area contributed by atoms with Gasteiger partial charge in [-0.05, 0) is 6.92 Å². The van der Waals surface area contributed by atoms with Gasteiger partial charge in [-0.2, -0.15) is 0 Å². The quantitative estimate of drug-likeness (QED) is 0.900. The van der Waals surface area contributed by atoms with Crippen LogP contribution in [0.1, 0.15) is 18.5 Å². The molecule has 0 saturated heterocycles. The number of rotatable bonds is 4. The number of amides is 1. The van der Waals surface area contributed by atoms with Crippen molar-refractivity contribution < 1.29 is 14.3 Å². The summed E-state index contributed by atoms with van der Waals surface area (Å²) in [4.78, 5) is 23.8. The third kappa shape index (κ3) is 3.73. The van der Waals surface area contributed by atoms with Crippen LogP contribution in [0.3, 0.4) is 0 Å². The molecule has 1 aromatic carbocycles. The second-order valence-electron chi connectivity index (χ2n) is 5.42. The molecule has 0 aliphatic carbocycles. The first kappa shape index (κ1) is 16.9. The Balaban J connectivity index is 1.68. The molecule has 128 valence electrons. The summed E-state index contributed by atoms with van der Waals surface area (Å²) < 4.78 is 12.7. The molecule has 6 nitrogen and oxygen atoms in total. The summed E-state index contributed by atoms with van der Waals surface area (Å²) >= 11 is 7.34. The van der Waals surface area contributed by atoms with E-state index in [1.807, 2.05) is 6.92 Å². The van der Waals surface area contributed by atoms with E-state index in [4.69, 9.17) is 21.1 Å². The number of aryl methyl sites for hydroxylation is 1. The number of anilines is 1. The Kier molecular flexibility index (Phi) is 5.11. The van der Waals surface area contributed by atoms with Crippen LogP contribution in [0.4, 0.5) is 5.69 Å². The number of halogens is 1. The van der Waals surface area contributed by atoms with E-state index < -0.39 is 0 Å². The normalized spacial score (nSPS) is 13.4. The fourth-order valence-electron chi connectivity index (χ4n) is 2.38. The smallest absolute Gasteiger partial charge is 0.307 e. The van der Waals surface area contributed by atoms with Crippen LogP contribution in [0.15, 0.2) is 22.3 Å². The number of ether oxygens (including phenoxy) is 2. The zero-order chi connectivity index (χ0) is 17.1. The van der Waals surface area contributed by atoms with E-state index in [0.717, 1.165) is 23.5 Å². The lowest BCUT2D eigenvalue weighted by Gasteiger charge is -2.12. The Morgan fingerprint density at radius 2 is 2.04 bits per heavy atom. The molecule has 8 heteroatoms. The van der Waals surface area contributed by atoms with Gasteiger partial charge in [0.2, 0.25) is 5.91 Å². The van der Waals surface area contributed by atoms with E-state index in [1.54, 1.807) is 22.1 Å². The molecule has 0 atom stereocenters. The standard InChI is InChI=1S/C16H17ClN2O4S/c1-10-9-24-16(21)19(10)4-3-15(20)18-12-8-14-13(7-11(12)17)22-5-2-6-23-14/h7-9H,2-6H2,1H3,(H,18,20). The number of carbonyl (C=O) groups is 1. The molecule has 2 heterocycles. The third-order valence-corrected chi connectivity index (χ3v) is 4.84. The van der Waals surface area contributed by atoms with E-state index in [9.17, 15) is 9.59 Å². The van der Waals surface area contributed by atoms with Gasteiger partial charge in [-0.15, -0.1) is 0 Å². The Hall–Kier alpha value is -1.99. The van der Waals surface area contributed by atoms with E-state index in [-0.39, 0.29) is 17.2 Å². The van der Waals surface area contributed by atoms with Crippen LogP contribution < -0.4 is 19.7 Å². The average Bonchev–Trinajstić information content (AvgIpc) is 2.74. The number of nitrogens with one attached hydrogen (secondary N) is 1. The Morgan fingerprint density at radius 1 is 1.33 bits per heavy atom. The summed E-state index contributed by atoms with van der Waals surface area (Å²) in [6.07, 6.45) is 0.977. The van der Waals surface area contributed by atoms with Crippen LogP contribution in [0.5, 0.6) is 11.5 Å². The molecule has 0 saturated carbocycles. The molecule has 1 N–H and O–H groups in total. The topological polar surface area (TPSA) is 69.6 Å². The van der Waals surface area contributed by atoms with Crippen molar-refractivity contribution in [1.29, 1.82) is 0 Å². The van der Waals surface area contributed by atoms with Crippen molar-refractivity contribution in [3.8, 4) is 11.5 Å². The van der Waals surface area contributed by atoms with Gasteiger partial charge in [-0.1, -0.05) is 22.9 Å². The highest BCUT2D eigenvalue weighted by Gasteiger charge is 2.16. The van der Waals surface area contributed by atoms with Crippen LogP contribution in [0, 0.1) is 6.92 Å². The van der Waals surface area contributed by atoms with Crippen LogP contribution in [-0.4, -0.2) is 23.7 Å². The number of benzene rings is 1. The van der Waals surface area contributed by atoms with Gasteiger partial charge in [0.05, 0.1) is 23.9 Å². The van der Waals surface area contributed by atoms with Gasteiger partial charge < -0.3 is 19.4 Å². The van der Waals surface area contributed by atoms with E-state index >= 15 is 0 Å². The lowest BCUT2D eigenvalue weighted by Crippen LogP contribution is -2.20. The zero-order valence-corrected chi connectivity index (χ0v) is 14.7. The largest absolute Gasteiger partial charge is 0.490 e. The minimum Gasteiger partial charge on any atom is -0.490 e. The number of hydrogen-bond acceptors (Lipinski definition) is 5. The SMILES string of the molecule is Cc1csc(=O)n1CCC(=O)Nc1cc2c(cc1Cl)OCCCO2. The maximum Gasteiger partial charge on any atom is 0.307 e. The van der Waals surface area contributed by atoms with Gasteiger partial charge in [-0.25, -0.2) is 0 Å². The van der Waals surface area contributed by atoms with Gasteiger partial charge in [0.15, 0.2) is 11.5 Å². The highest BCUT2D eigenvalue weighted by Crippen LogP contribution is 2.37. The van der Waals surface area contributed by atoms with Crippen LogP contribution in [0.25, 0.3) is 0 Å². The minimum atomic E-state index is -0.219. The van der Waals surface area contributed by atoms with Crippen molar-refractivity contribution in [2.45, 2.75) is 26.3 Å². The highest BCUT2D eigenvalue weighted by molar-refractivity contribution is 7.07. The number of carbonyl (C=O) groups excluding carboxylic acids is 1. The van der Waals surface area contributed by atoms with Crippen molar-refractivity contribution in [3.05, 3.63) is 37.9 Å². The van der Waals surface area contributed by atoms with Gasteiger partial charge in [-0.3, -0.25) is 9.59 Å². The maximum absolute atomic E-state index is 12.2. The molecule has 0 bridgehead atoms. The molecule has 2 aromatic rings. The number of nitrogens with zero attached hydrogens (tertiary/aromatic N) is 1. The molecule has 1 aliphatic rings. The van der Waals surface area contributed by atoms with Crippen LogP contribution >= 0.6 is 22.9 Å². The summed E-state index contributed by atoms with van der Waals surface area (Å²) in [6.45, 7) is 3.31. The number of hydrogen-bond donors (Lipinski definition) is 1. The molecule has 0 unspecified atom stereocenters. The Bertz CT molecular complexity index is 815. The number of fused-ring (bicyclic) bond motifs is 1. The summed E-state index contributed by atoms with van der Waals surface area (Å²) in [5.41, 5.74) is 1.33. The van der Waals surface area contributed by atoms with Gasteiger partial charge in [0.25, 0.3) is 0 Å². The first-order chi connectivity index (χ1) is 11.5. The molecule has 1 aromatic heterocycles. The first-order valence-corrected chi connectivity index (χ1v) is 8.84. The summed E-state index contributed by atoms with van der Waals surface area (Å²) in [5.74, 6) is 0.928. The van der Waals surface area contributed by atoms with Crippen LogP contribution in [0.2, 0.25) is 5.02 Å². The third-order valence-electron chi connectivity index (χ3n) is 3.65. The molecule has 0 fully saturated rings. The minimum absolute atomic E-state index is 0.0612. The first-order valence-electron chi connectivity index (χ1n) is 7.58. The fraction of sp³-hybridized carbons (Fsp3) is 0.375. The summed E-state index contributed by atoms with van der Waals surface area (Å²) in [6, 6.07) is 3.31. The highest BCUT2D eigenvalue weighted by atomic mass is 35.5. The zero-order valence-electron chi connectivity index (χ0n) is 13.1. The molecule has 1 aliphatic heterocycles. The van der Waals surface area contributed by atoms with Crippen molar-refractivity contribution >= 4 is 34.5 Å². The van der Waals surface area contributed by atoms with Crippen molar-refractivity contribution in [2.24, 2.45) is 0 Å². The van der Waals surface area contributed by atoms with E-state index in [0.29, 0.717) is 42.0 Å². The molecule has 1 amide bonds. The summed E-state index contributed by atoms with van der Waals surface area (Å²) in [7, 11) is 0. The van der Waals surface area contributed by atoms with Crippen LogP contribution in [-0.2, 0) is 11.3 Å². The molecular weight excluding hydrogens is 352 g/mol. The lowest BCUT2D eigenvalue weighted by molar-refractivity contribution is -0.116. The summed E-state index contributed by atoms with van der Waals surface area (Å²) in [5, 5.41) is 4.93. The molecular formula is C16H17ClN2O4S. The molecule has 24 heavy (non-hydrogen) atoms. The predicted octanol–water partition coefficient (Wildman–Crippen LogP) is 3.06. The predicted molar refractivity (Wildman–Crippen MR) is 93.6 cm³/mol. The average molecular weight is 369 g/mol. The molecule has 3 rings (SSSR count). The second-order valence-corrected chi connectivity index (χ2v) is 6.65. The molecule has 0 spiro atoms. The Morgan fingerprint density at radius 3 is 2.71 bits per heavy atom. The monoisotopic (exact) mass is 368 g/mol. The number of thiazole rings is 1. The van der Waals surface area contributed by atoms with Crippen molar-refractivity contribution in [2.75, 3.05) is 18.5 Å². The second kappa shape index (κ2) is 7.27. The maximum atomic E-state index is 12.2. The van der Waals surface area contributed by atoms with E-state index in [1.165, 1.54) is 0 Å². The number of aromatic nitrogens is 1. The fourth-order valence-corrected chi connectivity index (χ4v) is 3.34. The van der Waals surface area contributed by atoms with Crippen molar-refractivity contribution in [1.82, 2.24) is 4.57 Å². The molecule has 0 radical (unpaired) electrons. The van der Waals surface area contributed by atoms with E-state index in [2.05, 4.69) is 5.32 Å². The van der Waals surface area contributed by atoms with Crippen molar-refractivity contribution in [3.63, 3.8) is 0 Å². The van der Waals surface area contributed by atoms with Gasteiger partial charge in [0, 0.05) is 42.6 Å². The lowest BCUT2D eigenvalue weighted by atomic mass is 10.2.